The summed E-state index contributed by atoms with van der Waals surface area (Å²) in [5.74, 6) is -4.23. The van der Waals surface area contributed by atoms with E-state index in [2.05, 4.69) is 14.6 Å². The number of hydrogen-bond acceptors (Lipinski definition) is 6. The number of carbonyl (C=O) groups is 2. The topological polar surface area (TPSA) is 78.6 Å². The molecule has 0 aliphatic heterocycles. The standard InChI is InChI=1S/C13H9F2NO5/c1-19-12(17)9-10(16-21-11(9)13(18)20-2)7-4-3-6(14)5-8(7)15/h3-5H,1-2H3. The van der Waals surface area contributed by atoms with Crippen molar-refractivity contribution in [2.24, 2.45) is 0 Å². The van der Waals surface area contributed by atoms with E-state index in [1.54, 1.807) is 0 Å². The molecule has 1 aromatic carbocycles. The summed E-state index contributed by atoms with van der Waals surface area (Å²) in [6.07, 6.45) is 0. The van der Waals surface area contributed by atoms with Gasteiger partial charge in [-0.25, -0.2) is 18.4 Å². The second-order valence-corrected chi connectivity index (χ2v) is 3.84. The fourth-order valence-corrected chi connectivity index (χ4v) is 1.68. The molecule has 0 bridgehead atoms. The van der Waals surface area contributed by atoms with E-state index in [9.17, 15) is 18.4 Å². The molecular formula is C13H9F2NO5. The van der Waals surface area contributed by atoms with Gasteiger partial charge < -0.3 is 14.0 Å². The molecule has 0 unspecified atom stereocenters. The zero-order valence-electron chi connectivity index (χ0n) is 11.0. The van der Waals surface area contributed by atoms with Gasteiger partial charge in [-0.2, -0.15) is 0 Å². The zero-order chi connectivity index (χ0) is 15.6. The molecule has 2 rings (SSSR count). The number of rotatable bonds is 3. The zero-order valence-corrected chi connectivity index (χ0v) is 11.0. The van der Waals surface area contributed by atoms with Crippen LogP contribution in [0.4, 0.5) is 8.78 Å². The molecule has 110 valence electrons. The Morgan fingerprint density at radius 1 is 1.14 bits per heavy atom. The van der Waals surface area contributed by atoms with Gasteiger partial charge in [-0.05, 0) is 12.1 Å². The summed E-state index contributed by atoms with van der Waals surface area (Å²) in [5, 5.41) is 3.48. The van der Waals surface area contributed by atoms with Gasteiger partial charge in [0, 0.05) is 11.6 Å². The average Bonchev–Trinajstić information content (AvgIpc) is 2.90. The summed E-state index contributed by atoms with van der Waals surface area (Å²) in [6.45, 7) is 0. The van der Waals surface area contributed by atoms with Crippen LogP contribution in [-0.2, 0) is 9.47 Å². The summed E-state index contributed by atoms with van der Waals surface area (Å²) >= 11 is 0. The molecule has 8 heteroatoms. The number of halogens is 2. The van der Waals surface area contributed by atoms with Gasteiger partial charge in [-0.15, -0.1) is 0 Å². The van der Waals surface area contributed by atoms with Crippen molar-refractivity contribution in [3.8, 4) is 11.3 Å². The quantitative estimate of drug-likeness (QED) is 0.808. The van der Waals surface area contributed by atoms with Crippen LogP contribution in [0.25, 0.3) is 11.3 Å². The minimum absolute atomic E-state index is 0.212. The van der Waals surface area contributed by atoms with Crippen LogP contribution < -0.4 is 0 Å². The third kappa shape index (κ3) is 2.60. The molecule has 0 saturated heterocycles. The van der Waals surface area contributed by atoms with E-state index in [1.165, 1.54) is 0 Å². The van der Waals surface area contributed by atoms with Crippen LogP contribution in [0.15, 0.2) is 22.7 Å². The maximum atomic E-state index is 13.8. The van der Waals surface area contributed by atoms with Gasteiger partial charge in [0.15, 0.2) is 0 Å². The first kappa shape index (κ1) is 14.6. The Morgan fingerprint density at radius 3 is 2.38 bits per heavy atom. The molecular weight excluding hydrogens is 288 g/mol. The Labute approximate surface area is 117 Å². The Kier molecular flexibility index (Phi) is 3.97. The van der Waals surface area contributed by atoms with Crippen molar-refractivity contribution in [3.05, 3.63) is 41.2 Å². The Bertz CT molecular complexity index is 711. The van der Waals surface area contributed by atoms with E-state index in [1.807, 2.05) is 0 Å². The second kappa shape index (κ2) is 5.70. The lowest BCUT2D eigenvalue weighted by Gasteiger charge is -2.03. The van der Waals surface area contributed by atoms with E-state index < -0.39 is 34.9 Å². The summed E-state index contributed by atoms with van der Waals surface area (Å²) in [7, 11) is 2.14. The van der Waals surface area contributed by atoms with Gasteiger partial charge in [0.25, 0.3) is 5.76 Å². The molecule has 1 aromatic heterocycles. The number of carbonyl (C=O) groups excluding carboxylic acids is 2. The molecule has 0 fully saturated rings. The Balaban J connectivity index is 2.66. The van der Waals surface area contributed by atoms with Crippen molar-refractivity contribution < 1.29 is 32.4 Å². The van der Waals surface area contributed by atoms with E-state index in [0.717, 1.165) is 26.4 Å². The van der Waals surface area contributed by atoms with Crippen molar-refractivity contribution >= 4 is 11.9 Å². The van der Waals surface area contributed by atoms with E-state index in [4.69, 9.17) is 4.52 Å². The second-order valence-electron chi connectivity index (χ2n) is 3.84. The first-order valence-electron chi connectivity index (χ1n) is 5.61. The SMILES string of the molecule is COC(=O)c1onc(-c2ccc(F)cc2F)c1C(=O)OC. The van der Waals surface area contributed by atoms with Crippen LogP contribution >= 0.6 is 0 Å². The molecule has 0 radical (unpaired) electrons. The van der Waals surface area contributed by atoms with Crippen molar-refractivity contribution in [1.29, 1.82) is 0 Å². The number of esters is 2. The van der Waals surface area contributed by atoms with Crippen LogP contribution in [-0.4, -0.2) is 31.3 Å². The molecule has 2 aromatic rings. The fraction of sp³-hybridized carbons (Fsp3) is 0.154. The summed E-state index contributed by atoms with van der Waals surface area (Å²) in [5.41, 5.74) is -0.884. The van der Waals surface area contributed by atoms with Crippen molar-refractivity contribution in [1.82, 2.24) is 5.16 Å². The predicted octanol–water partition coefficient (Wildman–Crippen LogP) is 2.19. The summed E-state index contributed by atoms with van der Waals surface area (Å²) in [4.78, 5) is 23.3. The van der Waals surface area contributed by atoms with Gasteiger partial charge in [-0.1, -0.05) is 5.16 Å². The maximum absolute atomic E-state index is 13.8. The maximum Gasteiger partial charge on any atom is 0.377 e. The minimum atomic E-state index is -0.975. The normalized spacial score (nSPS) is 10.3. The molecule has 6 nitrogen and oxygen atoms in total. The number of benzene rings is 1. The molecule has 1 heterocycles. The van der Waals surface area contributed by atoms with Crippen LogP contribution in [0.1, 0.15) is 20.9 Å². The highest BCUT2D eigenvalue weighted by molar-refractivity contribution is 6.05. The van der Waals surface area contributed by atoms with Gasteiger partial charge in [-0.3, -0.25) is 0 Å². The van der Waals surface area contributed by atoms with Crippen LogP contribution in [0.5, 0.6) is 0 Å². The van der Waals surface area contributed by atoms with Crippen LogP contribution in [0.2, 0.25) is 0 Å². The number of aromatic nitrogens is 1. The van der Waals surface area contributed by atoms with Crippen molar-refractivity contribution in [2.45, 2.75) is 0 Å². The Hall–Kier alpha value is -2.77. The van der Waals surface area contributed by atoms with E-state index >= 15 is 0 Å². The molecule has 21 heavy (non-hydrogen) atoms. The lowest BCUT2D eigenvalue weighted by molar-refractivity contribution is 0.0521. The number of ether oxygens (including phenoxy) is 2. The van der Waals surface area contributed by atoms with Gasteiger partial charge in [0.1, 0.15) is 22.9 Å². The molecule has 0 N–H and O–H groups in total. The molecule has 0 spiro atoms. The molecule has 0 amide bonds. The summed E-state index contributed by atoms with van der Waals surface area (Å²) in [6, 6.07) is 2.66. The van der Waals surface area contributed by atoms with Gasteiger partial charge in [0.2, 0.25) is 0 Å². The predicted molar refractivity (Wildman–Crippen MR) is 64.5 cm³/mol. The molecule has 0 aliphatic rings. The molecule has 0 saturated carbocycles. The number of methoxy groups -OCH3 is 2. The van der Waals surface area contributed by atoms with E-state index in [-0.39, 0.29) is 11.3 Å². The number of hydrogen-bond donors (Lipinski definition) is 0. The Morgan fingerprint density at radius 2 is 1.81 bits per heavy atom. The van der Waals surface area contributed by atoms with Gasteiger partial charge in [0.05, 0.1) is 14.2 Å². The van der Waals surface area contributed by atoms with Gasteiger partial charge >= 0.3 is 11.9 Å². The average molecular weight is 297 g/mol. The van der Waals surface area contributed by atoms with Crippen LogP contribution in [0, 0.1) is 11.6 Å². The highest BCUT2D eigenvalue weighted by Gasteiger charge is 2.31. The minimum Gasteiger partial charge on any atom is -0.465 e. The third-order valence-corrected chi connectivity index (χ3v) is 2.64. The summed E-state index contributed by atoms with van der Waals surface area (Å²) < 4.78 is 40.4. The first-order chi connectivity index (χ1) is 9.99. The third-order valence-electron chi connectivity index (χ3n) is 2.64. The van der Waals surface area contributed by atoms with E-state index in [0.29, 0.717) is 6.07 Å². The lowest BCUT2D eigenvalue weighted by atomic mass is 10.1. The smallest absolute Gasteiger partial charge is 0.377 e. The highest BCUT2D eigenvalue weighted by atomic mass is 19.1. The number of nitrogens with zero attached hydrogens (tertiary/aromatic N) is 1. The lowest BCUT2D eigenvalue weighted by Crippen LogP contribution is -2.10. The van der Waals surface area contributed by atoms with Crippen molar-refractivity contribution in [3.63, 3.8) is 0 Å². The molecule has 0 atom stereocenters. The first-order valence-corrected chi connectivity index (χ1v) is 5.61. The fourth-order valence-electron chi connectivity index (χ4n) is 1.68. The highest BCUT2D eigenvalue weighted by Crippen LogP contribution is 2.29. The molecule has 0 aliphatic carbocycles. The monoisotopic (exact) mass is 297 g/mol. The van der Waals surface area contributed by atoms with Crippen molar-refractivity contribution in [2.75, 3.05) is 14.2 Å². The van der Waals surface area contributed by atoms with Crippen LogP contribution in [0.3, 0.4) is 0 Å². The largest absolute Gasteiger partial charge is 0.465 e.